The molecule has 0 aliphatic carbocycles. The van der Waals surface area contributed by atoms with Crippen molar-refractivity contribution in [3.05, 3.63) is 29.8 Å². The first-order chi connectivity index (χ1) is 7.63. The number of nitrogens with one attached hydrogen (secondary N) is 1. The monoisotopic (exact) mass is 224 g/mol. The molecule has 0 aromatic heterocycles. The van der Waals surface area contributed by atoms with Gasteiger partial charge in [-0.1, -0.05) is 12.1 Å². The molecular weight excluding hydrogens is 208 g/mol. The molecule has 5 heteroatoms. The largest absolute Gasteiger partial charge is 0.399 e. The smallest absolute Gasteiger partial charge is 0.101 e. The van der Waals surface area contributed by atoms with Crippen LogP contribution in [0.15, 0.2) is 24.3 Å². The number of nitrogen functional groups attached to an aromatic ring is 1. The van der Waals surface area contributed by atoms with E-state index in [9.17, 15) is 10.2 Å². The molecule has 0 spiro atoms. The fourth-order valence-corrected chi connectivity index (χ4v) is 2.02. The van der Waals surface area contributed by atoms with Gasteiger partial charge in [0.25, 0.3) is 0 Å². The number of anilines is 1. The predicted molar refractivity (Wildman–Crippen MR) is 59.6 cm³/mol. The quantitative estimate of drug-likeness (QED) is 0.415. The van der Waals surface area contributed by atoms with Crippen molar-refractivity contribution in [2.24, 2.45) is 0 Å². The second-order valence-corrected chi connectivity index (χ2v) is 4.08. The van der Waals surface area contributed by atoms with Gasteiger partial charge in [0.2, 0.25) is 0 Å². The second kappa shape index (κ2) is 4.39. The standard InChI is InChI=1S/C11H16N2O3/c12-7-3-1-6(2-4-7)9-11(16)10(15)8(5-14)13-9/h1-4,8-11,13-16H,5,12H2/t8-,9+,10-,11+/m1/s1. The van der Waals surface area contributed by atoms with E-state index in [2.05, 4.69) is 5.32 Å². The van der Waals surface area contributed by atoms with Crippen molar-refractivity contribution in [3.8, 4) is 0 Å². The molecule has 6 N–H and O–H groups in total. The molecule has 16 heavy (non-hydrogen) atoms. The molecule has 2 rings (SSSR count). The lowest BCUT2D eigenvalue weighted by Gasteiger charge is -2.16. The zero-order valence-electron chi connectivity index (χ0n) is 8.74. The van der Waals surface area contributed by atoms with E-state index >= 15 is 0 Å². The zero-order valence-corrected chi connectivity index (χ0v) is 8.74. The van der Waals surface area contributed by atoms with Crippen LogP contribution in [-0.4, -0.2) is 40.2 Å². The number of nitrogens with two attached hydrogens (primary N) is 1. The first-order valence-corrected chi connectivity index (χ1v) is 5.22. The van der Waals surface area contributed by atoms with Crippen molar-refractivity contribution >= 4 is 5.69 Å². The molecule has 1 aliphatic rings. The summed E-state index contributed by atoms with van der Waals surface area (Å²) in [6.07, 6.45) is -1.87. The summed E-state index contributed by atoms with van der Waals surface area (Å²) in [5.74, 6) is 0. The van der Waals surface area contributed by atoms with Gasteiger partial charge in [-0.25, -0.2) is 0 Å². The predicted octanol–water partition coefficient (Wildman–Crippen LogP) is -1.00. The number of hydrogen-bond donors (Lipinski definition) is 5. The van der Waals surface area contributed by atoms with Crippen LogP contribution in [0.2, 0.25) is 0 Å². The first-order valence-electron chi connectivity index (χ1n) is 5.22. The Kier molecular flexibility index (Phi) is 3.11. The maximum Gasteiger partial charge on any atom is 0.101 e. The second-order valence-electron chi connectivity index (χ2n) is 4.08. The fraction of sp³-hybridized carbons (Fsp3) is 0.455. The molecule has 1 fully saturated rings. The van der Waals surface area contributed by atoms with E-state index in [1.165, 1.54) is 0 Å². The van der Waals surface area contributed by atoms with E-state index in [1.54, 1.807) is 24.3 Å². The third kappa shape index (κ3) is 1.90. The molecule has 0 radical (unpaired) electrons. The van der Waals surface area contributed by atoms with Gasteiger partial charge in [0, 0.05) is 5.69 Å². The van der Waals surface area contributed by atoms with Crippen LogP contribution in [0.5, 0.6) is 0 Å². The molecule has 5 nitrogen and oxygen atoms in total. The lowest BCUT2D eigenvalue weighted by molar-refractivity contribution is 0.0194. The van der Waals surface area contributed by atoms with Gasteiger partial charge in [0.15, 0.2) is 0 Å². The zero-order chi connectivity index (χ0) is 11.7. The van der Waals surface area contributed by atoms with E-state index in [1.807, 2.05) is 0 Å². The van der Waals surface area contributed by atoms with Gasteiger partial charge < -0.3 is 26.4 Å². The molecular formula is C11H16N2O3. The number of benzene rings is 1. The van der Waals surface area contributed by atoms with Gasteiger partial charge in [-0.05, 0) is 17.7 Å². The summed E-state index contributed by atoms with van der Waals surface area (Å²) < 4.78 is 0. The minimum Gasteiger partial charge on any atom is -0.399 e. The molecule has 1 aliphatic heterocycles. The maximum atomic E-state index is 9.83. The highest BCUT2D eigenvalue weighted by Gasteiger charge is 2.41. The summed E-state index contributed by atoms with van der Waals surface area (Å²) in [7, 11) is 0. The molecule has 0 bridgehead atoms. The SMILES string of the molecule is Nc1ccc([C@@H]2N[C@H](CO)[C@@H](O)[C@H]2O)cc1. The van der Waals surface area contributed by atoms with E-state index in [0.29, 0.717) is 5.69 Å². The molecule has 1 saturated heterocycles. The Labute approximate surface area is 93.5 Å². The summed E-state index contributed by atoms with van der Waals surface area (Å²) in [5, 5.41) is 31.5. The van der Waals surface area contributed by atoms with Crippen LogP contribution in [0.25, 0.3) is 0 Å². The third-order valence-electron chi connectivity index (χ3n) is 2.99. The molecule has 0 unspecified atom stereocenters. The Bertz CT molecular complexity index is 355. The Morgan fingerprint density at radius 3 is 2.25 bits per heavy atom. The molecule has 88 valence electrons. The molecule has 1 aromatic carbocycles. The summed E-state index contributed by atoms with van der Waals surface area (Å²) in [6.45, 7) is -0.205. The molecule has 0 saturated carbocycles. The van der Waals surface area contributed by atoms with Crippen LogP contribution in [-0.2, 0) is 0 Å². The van der Waals surface area contributed by atoms with Crippen LogP contribution in [0.4, 0.5) is 5.69 Å². The van der Waals surface area contributed by atoms with Crippen LogP contribution in [0.1, 0.15) is 11.6 Å². The van der Waals surface area contributed by atoms with Crippen molar-refractivity contribution in [2.75, 3.05) is 12.3 Å². The number of hydrogen-bond acceptors (Lipinski definition) is 5. The summed E-state index contributed by atoms with van der Waals surface area (Å²) in [6, 6.07) is 6.21. The Morgan fingerprint density at radius 1 is 1.12 bits per heavy atom. The average molecular weight is 224 g/mol. The van der Waals surface area contributed by atoms with Crippen LogP contribution in [0, 0.1) is 0 Å². The maximum absolute atomic E-state index is 9.83. The van der Waals surface area contributed by atoms with Gasteiger partial charge >= 0.3 is 0 Å². The summed E-state index contributed by atoms with van der Waals surface area (Å²) in [4.78, 5) is 0. The van der Waals surface area contributed by atoms with Crippen LogP contribution in [0.3, 0.4) is 0 Å². The Morgan fingerprint density at radius 2 is 1.75 bits per heavy atom. The molecule has 0 amide bonds. The van der Waals surface area contributed by atoms with Gasteiger partial charge in [0.05, 0.1) is 24.8 Å². The lowest BCUT2D eigenvalue weighted by atomic mass is 10.0. The van der Waals surface area contributed by atoms with Crippen molar-refractivity contribution in [3.63, 3.8) is 0 Å². The Balaban J connectivity index is 2.19. The van der Waals surface area contributed by atoms with Gasteiger partial charge in [0.1, 0.15) is 6.10 Å². The molecule has 4 atom stereocenters. The van der Waals surface area contributed by atoms with E-state index < -0.39 is 18.2 Å². The highest BCUT2D eigenvalue weighted by Crippen LogP contribution is 2.27. The first kappa shape index (κ1) is 11.3. The van der Waals surface area contributed by atoms with Crippen LogP contribution < -0.4 is 11.1 Å². The topological polar surface area (TPSA) is 98.7 Å². The lowest BCUT2D eigenvalue weighted by Crippen LogP contribution is -2.35. The van der Waals surface area contributed by atoms with Gasteiger partial charge in [-0.2, -0.15) is 0 Å². The van der Waals surface area contributed by atoms with Crippen molar-refractivity contribution in [1.29, 1.82) is 0 Å². The highest BCUT2D eigenvalue weighted by molar-refractivity contribution is 5.40. The number of rotatable bonds is 2. The minimum absolute atomic E-state index is 0.205. The van der Waals surface area contributed by atoms with E-state index in [4.69, 9.17) is 10.8 Å². The highest BCUT2D eigenvalue weighted by atomic mass is 16.3. The molecule has 1 aromatic rings. The van der Waals surface area contributed by atoms with Crippen molar-refractivity contribution in [2.45, 2.75) is 24.3 Å². The average Bonchev–Trinajstić information content (AvgIpc) is 2.57. The van der Waals surface area contributed by atoms with Crippen molar-refractivity contribution in [1.82, 2.24) is 5.32 Å². The number of aliphatic hydroxyl groups is 3. The molecule has 1 heterocycles. The summed E-state index contributed by atoms with van der Waals surface area (Å²) >= 11 is 0. The Hall–Kier alpha value is -1.14. The van der Waals surface area contributed by atoms with Gasteiger partial charge in [-0.15, -0.1) is 0 Å². The van der Waals surface area contributed by atoms with Crippen molar-refractivity contribution < 1.29 is 15.3 Å². The minimum atomic E-state index is -0.951. The van der Waals surface area contributed by atoms with Crippen LogP contribution >= 0.6 is 0 Å². The van der Waals surface area contributed by atoms with E-state index in [0.717, 1.165) is 5.56 Å². The number of aliphatic hydroxyl groups excluding tert-OH is 3. The fourth-order valence-electron chi connectivity index (χ4n) is 2.02. The summed E-state index contributed by atoms with van der Waals surface area (Å²) in [5.41, 5.74) is 7.06. The third-order valence-corrected chi connectivity index (χ3v) is 2.99. The van der Waals surface area contributed by atoms with E-state index in [-0.39, 0.29) is 12.6 Å². The van der Waals surface area contributed by atoms with Gasteiger partial charge in [-0.3, -0.25) is 0 Å². The normalized spacial score (nSPS) is 34.2.